The molecule has 0 aromatic heterocycles. The zero-order chi connectivity index (χ0) is 19.5. The van der Waals surface area contributed by atoms with Gasteiger partial charge in [-0.2, -0.15) is 0 Å². The maximum Gasteiger partial charge on any atom is 0.257 e. The van der Waals surface area contributed by atoms with Gasteiger partial charge < -0.3 is 15.1 Å². The largest absolute Gasteiger partial charge is 0.372 e. The Hall–Kier alpha value is -2.82. The van der Waals surface area contributed by atoms with E-state index in [1.165, 1.54) is 18.5 Å². The fraction of sp³-hybridized carbons (Fsp3) is 0.391. The third-order valence-electron chi connectivity index (χ3n) is 5.79. The van der Waals surface area contributed by atoms with Gasteiger partial charge in [0.1, 0.15) is 0 Å². The van der Waals surface area contributed by atoms with Crippen molar-refractivity contribution in [3.8, 4) is 0 Å². The summed E-state index contributed by atoms with van der Waals surface area (Å²) in [4.78, 5) is 29.1. The van der Waals surface area contributed by atoms with Crippen LogP contribution in [0.4, 0.5) is 17.1 Å². The zero-order valence-electron chi connectivity index (χ0n) is 16.4. The third-order valence-corrected chi connectivity index (χ3v) is 5.79. The van der Waals surface area contributed by atoms with Crippen LogP contribution in [0.15, 0.2) is 48.5 Å². The molecule has 1 N–H and O–H groups in total. The van der Waals surface area contributed by atoms with Gasteiger partial charge >= 0.3 is 0 Å². The Bertz CT molecular complexity index is 854. The number of nitrogens with zero attached hydrogens (tertiary/aromatic N) is 2. The summed E-state index contributed by atoms with van der Waals surface area (Å²) in [5.74, 6) is 0.702. The van der Waals surface area contributed by atoms with E-state index in [0.29, 0.717) is 24.2 Å². The second kappa shape index (κ2) is 8.05. The lowest BCUT2D eigenvalue weighted by molar-refractivity contribution is -0.117. The molecule has 4 rings (SSSR count). The molecule has 2 aromatic rings. The number of nitrogens with one attached hydrogen (secondary N) is 1. The molecule has 0 spiro atoms. The van der Waals surface area contributed by atoms with Gasteiger partial charge in [-0.3, -0.25) is 9.59 Å². The molecule has 146 valence electrons. The topological polar surface area (TPSA) is 52.7 Å². The Morgan fingerprint density at radius 1 is 1.00 bits per heavy atom. The average molecular weight is 377 g/mol. The highest BCUT2D eigenvalue weighted by molar-refractivity contribution is 6.11. The van der Waals surface area contributed by atoms with Crippen LogP contribution in [0.3, 0.4) is 0 Å². The van der Waals surface area contributed by atoms with Crippen LogP contribution in [0.2, 0.25) is 0 Å². The number of piperidine rings is 1. The Kier molecular flexibility index (Phi) is 5.33. The summed E-state index contributed by atoms with van der Waals surface area (Å²) < 4.78 is 0. The number of carbonyl (C=O) groups excluding carboxylic acids is 2. The Balaban J connectivity index is 1.46. The molecule has 0 radical (unpaired) electrons. The lowest BCUT2D eigenvalue weighted by atomic mass is 9.99. The highest BCUT2D eigenvalue weighted by Crippen LogP contribution is 2.27. The van der Waals surface area contributed by atoms with Gasteiger partial charge in [-0.25, -0.2) is 0 Å². The highest BCUT2D eigenvalue weighted by atomic mass is 16.2. The first kappa shape index (κ1) is 18.5. The van der Waals surface area contributed by atoms with Gasteiger partial charge in [-0.05, 0) is 61.6 Å². The number of carbonyl (C=O) groups is 2. The van der Waals surface area contributed by atoms with Crippen molar-refractivity contribution in [2.75, 3.05) is 34.8 Å². The van der Waals surface area contributed by atoms with Gasteiger partial charge in [-0.15, -0.1) is 0 Å². The monoisotopic (exact) mass is 377 g/mol. The summed E-state index contributed by atoms with van der Waals surface area (Å²) in [6, 6.07) is 15.4. The normalized spacial score (nSPS) is 17.8. The molecule has 0 bridgehead atoms. The van der Waals surface area contributed by atoms with Crippen LogP contribution < -0.4 is 15.1 Å². The quantitative estimate of drug-likeness (QED) is 0.864. The molecular formula is C23H27N3O2. The molecule has 2 aliphatic rings. The van der Waals surface area contributed by atoms with Crippen molar-refractivity contribution in [1.82, 2.24) is 0 Å². The fourth-order valence-corrected chi connectivity index (χ4v) is 4.02. The third kappa shape index (κ3) is 3.88. The summed E-state index contributed by atoms with van der Waals surface area (Å²) >= 11 is 0. The standard InChI is InChI=1S/C23H27N3O2/c1-17-12-15-25(16-13-17)19-10-8-18(9-11-19)24-23(28)20-5-2-3-6-21(20)26-14-4-7-22(26)27/h2-3,5-6,8-11,17H,4,7,12-16H2,1H3,(H,24,28). The van der Waals surface area contributed by atoms with Crippen molar-refractivity contribution < 1.29 is 9.59 Å². The van der Waals surface area contributed by atoms with Crippen molar-refractivity contribution in [3.05, 3.63) is 54.1 Å². The number of hydrogen-bond donors (Lipinski definition) is 1. The molecule has 2 saturated heterocycles. The Morgan fingerprint density at radius 2 is 1.71 bits per heavy atom. The van der Waals surface area contributed by atoms with Crippen LogP contribution in [0.1, 0.15) is 43.0 Å². The minimum atomic E-state index is -0.185. The molecule has 2 aliphatic heterocycles. The lowest BCUT2D eigenvalue weighted by Gasteiger charge is -2.32. The summed E-state index contributed by atoms with van der Waals surface area (Å²) in [7, 11) is 0. The molecule has 0 saturated carbocycles. The van der Waals surface area contributed by atoms with Gasteiger partial charge in [0, 0.05) is 37.4 Å². The minimum Gasteiger partial charge on any atom is -0.372 e. The van der Waals surface area contributed by atoms with Crippen molar-refractivity contribution >= 4 is 28.9 Å². The number of rotatable bonds is 4. The zero-order valence-corrected chi connectivity index (χ0v) is 16.4. The second-order valence-corrected chi connectivity index (χ2v) is 7.84. The fourth-order valence-electron chi connectivity index (χ4n) is 4.02. The number of hydrogen-bond acceptors (Lipinski definition) is 3. The SMILES string of the molecule is CC1CCN(c2ccc(NC(=O)c3ccccc3N3CCCC3=O)cc2)CC1. The molecule has 5 nitrogen and oxygen atoms in total. The van der Waals surface area contributed by atoms with Crippen LogP contribution in [0, 0.1) is 5.92 Å². The van der Waals surface area contributed by atoms with E-state index >= 15 is 0 Å². The average Bonchev–Trinajstić information content (AvgIpc) is 3.15. The van der Waals surface area contributed by atoms with Gasteiger partial charge in [0.05, 0.1) is 11.3 Å². The molecule has 2 heterocycles. The molecule has 0 unspecified atom stereocenters. The molecule has 0 atom stereocenters. The molecule has 2 aromatic carbocycles. The van der Waals surface area contributed by atoms with Gasteiger partial charge in [0.15, 0.2) is 0 Å². The Morgan fingerprint density at radius 3 is 2.39 bits per heavy atom. The van der Waals surface area contributed by atoms with E-state index in [4.69, 9.17) is 0 Å². The predicted molar refractivity (Wildman–Crippen MR) is 113 cm³/mol. The summed E-state index contributed by atoms with van der Waals surface area (Å²) in [6.07, 6.45) is 3.84. The molecule has 0 aliphatic carbocycles. The van der Waals surface area contributed by atoms with Crippen molar-refractivity contribution in [2.24, 2.45) is 5.92 Å². The molecule has 2 amide bonds. The molecular weight excluding hydrogens is 350 g/mol. The first-order chi connectivity index (χ1) is 13.6. The Labute approximate surface area is 166 Å². The molecule has 2 fully saturated rings. The number of anilines is 3. The number of amides is 2. The first-order valence-electron chi connectivity index (χ1n) is 10.2. The number of benzene rings is 2. The van der Waals surface area contributed by atoms with Crippen LogP contribution in [-0.2, 0) is 4.79 Å². The van der Waals surface area contributed by atoms with Crippen LogP contribution in [0.5, 0.6) is 0 Å². The van der Waals surface area contributed by atoms with E-state index in [9.17, 15) is 9.59 Å². The van der Waals surface area contributed by atoms with Crippen molar-refractivity contribution in [2.45, 2.75) is 32.6 Å². The lowest BCUT2D eigenvalue weighted by Crippen LogP contribution is -2.32. The molecule has 5 heteroatoms. The van der Waals surface area contributed by atoms with Gasteiger partial charge in [0.2, 0.25) is 5.91 Å². The van der Waals surface area contributed by atoms with Crippen LogP contribution >= 0.6 is 0 Å². The van der Waals surface area contributed by atoms with Crippen molar-refractivity contribution in [1.29, 1.82) is 0 Å². The van der Waals surface area contributed by atoms with Crippen LogP contribution in [-0.4, -0.2) is 31.4 Å². The van der Waals surface area contributed by atoms with Gasteiger partial charge in [-0.1, -0.05) is 19.1 Å². The summed E-state index contributed by atoms with van der Waals surface area (Å²) in [6.45, 7) is 5.16. The van der Waals surface area contributed by atoms with E-state index in [-0.39, 0.29) is 11.8 Å². The molecule has 28 heavy (non-hydrogen) atoms. The smallest absolute Gasteiger partial charge is 0.257 e. The van der Waals surface area contributed by atoms with E-state index in [1.54, 1.807) is 11.0 Å². The maximum atomic E-state index is 12.9. The van der Waals surface area contributed by atoms with Crippen molar-refractivity contribution in [3.63, 3.8) is 0 Å². The first-order valence-corrected chi connectivity index (χ1v) is 10.2. The highest BCUT2D eigenvalue weighted by Gasteiger charge is 2.25. The van der Waals surface area contributed by atoms with E-state index in [1.807, 2.05) is 30.3 Å². The second-order valence-electron chi connectivity index (χ2n) is 7.84. The minimum absolute atomic E-state index is 0.0838. The summed E-state index contributed by atoms with van der Waals surface area (Å²) in [5.41, 5.74) is 3.20. The summed E-state index contributed by atoms with van der Waals surface area (Å²) in [5, 5.41) is 2.98. The van der Waals surface area contributed by atoms with E-state index < -0.39 is 0 Å². The maximum absolute atomic E-state index is 12.9. The van der Waals surface area contributed by atoms with E-state index in [2.05, 4.69) is 29.3 Å². The van der Waals surface area contributed by atoms with Gasteiger partial charge in [0.25, 0.3) is 5.91 Å². The number of para-hydroxylation sites is 1. The van der Waals surface area contributed by atoms with Crippen LogP contribution in [0.25, 0.3) is 0 Å². The predicted octanol–water partition coefficient (Wildman–Crippen LogP) is 4.30. The van der Waals surface area contributed by atoms with E-state index in [0.717, 1.165) is 31.1 Å².